The van der Waals surface area contributed by atoms with Gasteiger partial charge in [-0.3, -0.25) is 4.79 Å². The van der Waals surface area contributed by atoms with Gasteiger partial charge in [0, 0.05) is 5.02 Å². The number of rotatable bonds is 4. The molecule has 2 rings (SSSR count). The zero-order chi connectivity index (χ0) is 14.7. The Hall–Kier alpha value is -0.920. The van der Waals surface area contributed by atoms with Crippen molar-refractivity contribution in [2.24, 2.45) is 0 Å². The van der Waals surface area contributed by atoms with Crippen molar-refractivity contribution in [1.82, 2.24) is 5.32 Å². The van der Waals surface area contributed by atoms with E-state index in [1.807, 2.05) is 0 Å². The van der Waals surface area contributed by atoms with Gasteiger partial charge in [-0.05, 0) is 47.4 Å². The smallest absolute Gasteiger partial charge is 0.387 e. The van der Waals surface area contributed by atoms with Crippen LogP contribution in [0.2, 0.25) is 5.02 Å². The fraction of sp³-hybridized carbons (Fsp3) is 0.417. The molecule has 0 radical (unpaired) electrons. The molecule has 110 valence electrons. The maximum absolute atomic E-state index is 12.4. The van der Waals surface area contributed by atoms with Crippen molar-refractivity contribution in [3.8, 4) is 5.75 Å². The van der Waals surface area contributed by atoms with E-state index in [4.69, 9.17) is 11.6 Å². The van der Waals surface area contributed by atoms with Crippen LogP contribution in [0.3, 0.4) is 0 Å². The molecule has 1 fully saturated rings. The predicted octanol–water partition coefficient (Wildman–Crippen LogP) is 3.39. The Morgan fingerprint density at radius 3 is 2.90 bits per heavy atom. The number of carbonyl (C=O) groups excluding carboxylic acids is 1. The van der Waals surface area contributed by atoms with Crippen molar-refractivity contribution in [3.63, 3.8) is 0 Å². The number of hydrogen-bond acceptors (Lipinski definition) is 3. The van der Waals surface area contributed by atoms with Crippen LogP contribution in [0, 0.1) is 0 Å². The molecule has 1 atom stereocenters. The number of nitrogens with one attached hydrogen (secondary N) is 2. The number of alkyl halides is 2. The number of carbonyl (C=O) groups is 1. The molecule has 1 aliphatic rings. The molecule has 20 heavy (non-hydrogen) atoms. The van der Waals surface area contributed by atoms with Crippen molar-refractivity contribution < 1.29 is 18.3 Å². The predicted molar refractivity (Wildman–Crippen MR) is 75.4 cm³/mol. The summed E-state index contributed by atoms with van der Waals surface area (Å²) in [4.78, 5) is 12.0. The van der Waals surface area contributed by atoms with Gasteiger partial charge in [0.2, 0.25) is 5.91 Å². The van der Waals surface area contributed by atoms with E-state index in [9.17, 15) is 13.6 Å². The summed E-state index contributed by atoms with van der Waals surface area (Å²) >= 11 is 8.95. The van der Waals surface area contributed by atoms with Gasteiger partial charge in [0.05, 0.1) is 16.2 Å². The summed E-state index contributed by atoms with van der Waals surface area (Å²) in [6.45, 7) is -2.23. The summed E-state index contributed by atoms with van der Waals surface area (Å²) in [7, 11) is 0. The lowest BCUT2D eigenvalue weighted by Crippen LogP contribution is -2.35. The summed E-state index contributed by atoms with van der Waals surface area (Å²) in [5.41, 5.74) is 0.114. The van der Waals surface area contributed by atoms with Crippen LogP contribution in [-0.2, 0) is 4.79 Å². The standard InChI is InChI=1S/C12H12BrClF2N2O2/c13-7-4-6(14)5-9(10(7)20-12(15)16)18-11(19)8-2-1-3-17-8/h4-5,8,12,17H,1-3H2,(H,18,19)/t8-/m0/s1. The Morgan fingerprint density at radius 2 is 2.30 bits per heavy atom. The third-order valence-electron chi connectivity index (χ3n) is 2.85. The van der Waals surface area contributed by atoms with E-state index in [2.05, 4.69) is 31.3 Å². The van der Waals surface area contributed by atoms with Gasteiger partial charge < -0.3 is 15.4 Å². The van der Waals surface area contributed by atoms with Crippen molar-refractivity contribution in [3.05, 3.63) is 21.6 Å². The minimum Gasteiger partial charge on any atom is -0.431 e. The Kier molecular flexibility index (Phi) is 5.17. The lowest BCUT2D eigenvalue weighted by Gasteiger charge is -2.16. The van der Waals surface area contributed by atoms with Crippen LogP contribution in [0.4, 0.5) is 14.5 Å². The average Bonchev–Trinajstić information content (AvgIpc) is 2.87. The number of hydrogen-bond donors (Lipinski definition) is 2. The van der Waals surface area contributed by atoms with Crippen molar-refractivity contribution >= 4 is 39.1 Å². The van der Waals surface area contributed by atoms with Crippen LogP contribution >= 0.6 is 27.5 Å². The quantitative estimate of drug-likeness (QED) is 0.855. The van der Waals surface area contributed by atoms with Gasteiger partial charge in [-0.25, -0.2) is 0 Å². The Labute approximate surface area is 127 Å². The minimum atomic E-state index is -2.99. The summed E-state index contributed by atoms with van der Waals surface area (Å²) in [5.74, 6) is -0.438. The van der Waals surface area contributed by atoms with Crippen LogP contribution in [0.5, 0.6) is 5.75 Å². The van der Waals surface area contributed by atoms with Crippen LogP contribution < -0.4 is 15.4 Å². The molecule has 0 aromatic heterocycles. The molecule has 8 heteroatoms. The zero-order valence-corrected chi connectivity index (χ0v) is 12.6. The van der Waals surface area contributed by atoms with E-state index in [1.165, 1.54) is 12.1 Å². The second-order valence-electron chi connectivity index (χ2n) is 4.28. The first-order valence-electron chi connectivity index (χ1n) is 5.95. The fourth-order valence-corrected chi connectivity index (χ4v) is 2.89. The molecule has 1 aromatic rings. The van der Waals surface area contributed by atoms with Gasteiger partial charge in [0.25, 0.3) is 0 Å². The summed E-state index contributed by atoms with van der Waals surface area (Å²) in [6.07, 6.45) is 1.61. The molecule has 0 bridgehead atoms. The average molecular weight is 370 g/mol. The largest absolute Gasteiger partial charge is 0.431 e. The Bertz CT molecular complexity index is 510. The van der Waals surface area contributed by atoms with Gasteiger partial charge in [-0.1, -0.05) is 11.6 Å². The third kappa shape index (κ3) is 3.80. The van der Waals surface area contributed by atoms with Crippen LogP contribution in [0.1, 0.15) is 12.8 Å². The fourth-order valence-electron chi connectivity index (χ4n) is 1.99. The number of anilines is 1. The molecule has 2 N–H and O–H groups in total. The minimum absolute atomic E-state index is 0.114. The van der Waals surface area contributed by atoms with E-state index < -0.39 is 6.61 Å². The number of ether oxygens (including phenoxy) is 1. The number of halogens is 4. The van der Waals surface area contributed by atoms with Gasteiger partial charge >= 0.3 is 6.61 Å². The van der Waals surface area contributed by atoms with E-state index >= 15 is 0 Å². The van der Waals surface area contributed by atoms with Gasteiger partial charge in [0.1, 0.15) is 0 Å². The third-order valence-corrected chi connectivity index (χ3v) is 3.66. The molecule has 0 saturated carbocycles. The van der Waals surface area contributed by atoms with E-state index in [-0.39, 0.29) is 27.9 Å². The van der Waals surface area contributed by atoms with Gasteiger partial charge in [0.15, 0.2) is 5.75 Å². The SMILES string of the molecule is O=C(Nc1cc(Cl)cc(Br)c1OC(F)F)[C@@H]1CCCN1. The lowest BCUT2D eigenvalue weighted by atomic mass is 10.2. The summed E-state index contributed by atoms with van der Waals surface area (Å²) in [6, 6.07) is 2.46. The highest BCUT2D eigenvalue weighted by Gasteiger charge is 2.24. The highest BCUT2D eigenvalue weighted by Crippen LogP contribution is 2.37. The molecule has 0 spiro atoms. The zero-order valence-electron chi connectivity index (χ0n) is 10.3. The molecular weight excluding hydrogens is 357 g/mol. The molecule has 1 amide bonds. The Morgan fingerprint density at radius 1 is 1.55 bits per heavy atom. The second kappa shape index (κ2) is 6.69. The molecule has 1 heterocycles. The maximum Gasteiger partial charge on any atom is 0.387 e. The normalized spacial score (nSPS) is 18.4. The monoisotopic (exact) mass is 368 g/mol. The van der Waals surface area contributed by atoms with Gasteiger partial charge in [-0.15, -0.1) is 0 Å². The molecule has 1 aliphatic heterocycles. The Balaban J connectivity index is 2.22. The van der Waals surface area contributed by atoms with Gasteiger partial charge in [-0.2, -0.15) is 8.78 Å². The first-order valence-corrected chi connectivity index (χ1v) is 7.12. The lowest BCUT2D eigenvalue weighted by molar-refractivity contribution is -0.117. The molecule has 0 unspecified atom stereocenters. The van der Waals surface area contributed by atoms with Crippen LogP contribution in [0.25, 0.3) is 0 Å². The van der Waals surface area contributed by atoms with E-state index in [1.54, 1.807) is 0 Å². The first-order chi connectivity index (χ1) is 9.47. The van der Waals surface area contributed by atoms with Crippen LogP contribution in [-0.4, -0.2) is 25.1 Å². The summed E-state index contributed by atoms with van der Waals surface area (Å²) in [5, 5.41) is 5.88. The molecule has 0 aliphatic carbocycles. The number of benzene rings is 1. The highest BCUT2D eigenvalue weighted by molar-refractivity contribution is 9.10. The van der Waals surface area contributed by atoms with E-state index in [0.29, 0.717) is 11.4 Å². The summed E-state index contributed by atoms with van der Waals surface area (Å²) < 4.78 is 29.5. The van der Waals surface area contributed by atoms with Crippen molar-refractivity contribution in [1.29, 1.82) is 0 Å². The molecule has 4 nitrogen and oxygen atoms in total. The maximum atomic E-state index is 12.4. The first kappa shape index (κ1) is 15.5. The highest BCUT2D eigenvalue weighted by atomic mass is 79.9. The van der Waals surface area contributed by atoms with Crippen molar-refractivity contribution in [2.75, 3.05) is 11.9 Å². The topological polar surface area (TPSA) is 50.4 Å². The molecule has 1 saturated heterocycles. The molecule has 1 aromatic carbocycles. The van der Waals surface area contributed by atoms with Crippen molar-refractivity contribution in [2.45, 2.75) is 25.5 Å². The second-order valence-corrected chi connectivity index (χ2v) is 5.57. The van der Waals surface area contributed by atoms with Crippen LogP contribution in [0.15, 0.2) is 16.6 Å². The number of amides is 1. The molecular formula is C12H12BrClF2N2O2. The van der Waals surface area contributed by atoms with E-state index in [0.717, 1.165) is 13.0 Å².